The average Bonchev–Trinajstić information content (AvgIpc) is 2.71. The predicted octanol–water partition coefficient (Wildman–Crippen LogP) is 5.77. The smallest absolute Gasteiger partial charge is 0.353 e. The molecule has 0 saturated carbocycles. The van der Waals surface area contributed by atoms with Gasteiger partial charge in [0, 0.05) is 0 Å². The Balaban J connectivity index is 0.000000364. The fourth-order valence-corrected chi connectivity index (χ4v) is 2.70. The molecule has 0 bridgehead atoms. The maximum Gasteiger partial charge on any atom is 3.00 e. The molecule has 0 radical (unpaired) electrons. The molecule has 0 fully saturated rings. The number of hydrogen-bond acceptors (Lipinski definition) is 0. The first-order valence-electron chi connectivity index (χ1n) is 7.35. The second-order valence-corrected chi connectivity index (χ2v) is 6.10. The van der Waals surface area contributed by atoms with Crippen molar-refractivity contribution < 1.29 is 25.8 Å². The summed E-state index contributed by atoms with van der Waals surface area (Å²) in [5.41, 5.74) is 14.1. The van der Waals surface area contributed by atoms with Gasteiger partial charge < -0.3 is 12.5 Å². The molecule has 2 aromatic rings. The van der Waals surface area contributed by atoms with Gasteiger partial charge in [-0.15, -0.1) is 13.8 Å². The van der Waals surface area contributed by atoms with Crippen LogP contribution in [0.3, 0.4) is 0 Å². The summed E-state index contributed by atoms with van der Waals surface area (Å²) in [5.74, 6) is 0. The maximum atomic E-state index is 4.00. The molecule has 0 aromatic heterocycles. The van der Waals surface area contributed by atoms with Crippen molar-refractivity contribution in [2.75, 3.05) is 0 Å². The molecule has 0 N–H and O–H groups in total. The molecule has 112 valence electrons. The van der Waals surface area contributed by atoms with Crippen molar-refractivity contribution in [2.45, 2.75) is 62.3 Å². The Kier molecular flexibility index (Phi) is 7.42. The maximum absolute atomic E-state index is 4.00. The SMILES string of the molecule is Cc1c(C)c(C)[c-](C)c1C.[CH2-]c1c(C)c(C)c(C)[c-]1C.[Sc+3]. The van der Waals surface area contributed by atoms with Gasteiger partial charge in [-0.1, -0.05) is 48.5 Å². The molecule has 2 rings (SSSR count). The van der Waals surface area contributed by atoms with Gasteiger partial charge in [0.15, 0.2) is 0 Å². The molecule has 0 nitrogen and oxygen atoms in total. The normalized spacial score (nSPS) is 9.95. The number of hydrogen-bond donors (Lipinski definition) is 0. The first-order chi connectivity index (χ1) is 9.11. The molecule has 0 spiro atoms. The zero-order chi connectivity index (χ0) is 15.8. The van der Waals surface area contributed by atoms with Gasteiger partial charge >= 0.3 is 25.8 Å². The Labute approximate surface area is 150 Å². The van der Waals surface area contributed by atoms with E-state index in [2.05, 4.69) is 69.2 Å². The third-order valence-electron chi connectivity index (χ3n) is 5.41. The number of rotatable bonds is 0. The fourth-order valence-electron chi connectivity index (χ4n) is 2.70. The van der Waals surface area contributed by atoms with Crippen LogP contribution in [0.1, 0.15) is 55.6 Å². The van der Waals surface area contributed by atoms with Gasteiger partial charge in [0.1, 0.15) is 0 Å². The molecule has 21 heavy (non-hydrogen) atoms. The van der Waals surface area contributed by atoms with Gasteiger partial charge in [-0.3, -0.25) is 11.1 Å². The summed E-state index contributed by atoms with van der Waals surface area (Å²) >= 11 is 0. The van der Waals surface area contributed by atoms with Crippen LogP contribution in [0.4, 0.5) is 0 Å². The van der Waals surface area contributed by atoms with Crippen molar-refractivity contribution in [3.8, 4) is 0 Å². The fraction of sp³-hybridized carbons (Fsp3) is 0.450. The molecule has 0 amide bonds. The summed E-state index contributed by atoms with van der Waals surface area (Å²) < 4.78 is 0. The van der Waals surface area contributed by atoms with Crippen LogP contribution in [0.2, 0.25) is 0 Å². The summed E-state index contributed by atoms with van der Waals surface area (Å²) in [6.45, 7) is 23.6. The van der Waals surface area contributed by atoms with E-state index in [0.29, 0.717) is 0 Å². The molecule has 0 aliphatic carbocycles. The predicted molar refractivity (Wildman–Crippen MR) is 91.2 cm³/mol. The van der Waals surface area contributed by atoms with E-state index in [1.165, 1.54) is 55.6 Å². The molecule has 0 aliphatic heterocycles. The molecule has 2 aromatic carbocycles. The van der Waals surface area contributed by atoms with Gasteiger partial charge in [-0.25, -0.2) is 0 Å². The van der Waals surface area contributed by atoms with Crippen LogP contribution in [0.15, 0.2) is 0 Å². The second kappa shape index (κ2) is 7.63. The van der Waals surface area contributed by atoms with Gasteiger partial charge in [-0.2, -0.15) is 38.9 Å². The van der Waals surface area contributed by atoms with Crippen molar-refractivity contribution in [1.82, 2.24) is 0 Å². The van der Waals surface area contributed by atoms with Crippen LogP contribution in [0.25, 0.3) is 0 Å². The molecular weight excluding hydrogens is 285 g/mol. The van der Waals surface area contributed by atoms with Crippen LogP contribution in [0.5, 0.6) is 0 Å². The Hall–Kier alpha value is -0.560. The summed E-state index contributed by atoms with van der Waals surface area (Å²) in [5, 5.41) is 0. The van der Waals surface area contributed by atoms with Crippen LogP contribution in [-0.2, 0) is 25.8 Å². The van der Waals surface area contributed by atoms with E-state index in [4.69, 9.17) is 0 Å². The van der Waals surface area contributed by atoms with Crippen LogP contribution in [-0.4, -0.2) is 0 Å². The van der Waals surface area contributed by atoms with E-state index < -0.39 is 0 Å². The third-order valence-corrected chi connectivity index (χ3v) is 5.41. The van der Waals surface area contributed by atoms with E-state index >= 15 is 0 Å². The van der Waals surface area contributed by atoms with Crippen molar-refractivity contribution in [3.05, 3.63) is 62.6 Å². The molecule has 0 unspecified atom stereocenters. The summed E-state index contributed by atoms with van der Waals surface area (Å²) in [6.07, 6.45) is 0. The zero-order valence-electron chi connectivity index (χ0n) is 15.3. The van der Waals surface area contributed by atoms with Gasteiger partial charge in [-0.05, 0) is 0 Å². The van der Waals surface area contributed by atoms with Crippen LogP contribution in [0, 0.1) is 69.2 Å². The van der Waals surface area contributed by atoms with Crippen LogP contribution < -0.4 is 0 Å². The minimum absolute atomic E-state index is 0. The van der Waals surface area contributed by atoms with Crippen molar-refractivity contribution in [2.24, 2.45) is 0 Å². The monoisotopic (exact) mass is 314 g/mol. The summed E-state index contributed by atoms with van der Waals surface area (Å²) in [4.78, 5) is 0. The Morgan fingerprint density at radius 2 is 0.857 bits per heavy atom. The van der Waals surface area contributed by atoms with Gasteiger partial charge in [0.2, 0.25) is 0 Å². The second-order valence-electron chi connectivity index (χ2n) is 6.10. The first kappa shape index (κ1) is 20.4. The van der Waals surface area contributed by atoms with Crippen molar-refractivity contribution >= 4 is 0 Å². The summed E-state index contributed by atoms with van der Waals surface area (Å²) in [6, 6.07) is 0. The van der Waals surface area contributed by atoms with Gasteiger partial charge in [0.05, 0.1) is 0 Å². The van der Waals surface area contributed by atoms with E-state index in [0.717, 1.165) is 0 Å². The summed E-state index contributed by atoms with van der Waals surface area (Å²) in [7, 11) is 0. The Bertz CT molecular complexity index is 404. The average molecular weight is 314 g/mol. The Morgan fingerprint density at radius 3 is 0.952 bits per heavy atom. The van der Waals surface area contributed by atoms with E-state index in [1.807, 2.05) is 0 Å². The van der Waals surface area contributed by atoms with Crippen LogP contribution >= 0.6 is 0 Å². The molecule has 0 atom stereocenters. The molecular formula is C20H29Sc. The molecule has 1 heteroatoms. The van der Waals surface area contributed by atoms with Gasteiger partial charge in [0.25, 0.3) is 0 Å². The quantitative estimate of drug-likeness (QED) is 0.542. The van der Waals surface area contributed by atoms with E-state index in [9.17, 15) is 0 Å². The molecule has 0 aliphatic rings. The standard InChI is InChI=1S/C10H15.C10H14.Sc/c2*1-6-7(2)9(4)10(5)8(6)3;/h1-5H3;1H2,2-5H3;/q-1;-2;+3. The molecule has 0 saturated heterocycles. The van der Waals surface area contributed by atoms with E-state index in [1.54, 1.807) is 0 Å². The minimum atomic E-state index is 0. The Morgan fingerprint density at radius 1 is 0.571 bits per heavy atom. The topological polar surface area (TPSA) is 0 Å². The van der Waals surface area contributed by atoms with Crippen molar-refractivity contribution in [3.63, 3.8) is 0 Å². The largest absolute Gasteiger partial charge is 3.00 e. The third kappa shape index (κ3) is 3.80. The zero-order valence-corrected chi connectivity index (χ0v) is 17.1. The molecule has 0 heterocycles. The van der Waals surface area contributed by atoms with E-state index in [-0.39, 0.29) is 25.8 Å². The van der Waals surface area contributed by atoms with Crippen molar-refractivity contribution in [1.29, 1.82) is 0 Å². The first-order valence-corrected chi connectivity index (χ1v) is 7.35. The minimum Gasteiger partial charge on any atom is -0.353 e.